The van der Waals surface area contributed by atoms with Gasteiger partial charge in [-0.2, -0.15) is 0 Å². The van der Waals surface area contributed by atoms with Gasteiger partial charge in [0.05, 0.1) is 11.0 Å². The lowest BCUT2D eigenvalue weighted by molar-refractivity contribution is 0.474. The topological polar surface area (TPSA) is 43.8 Å². The molecule has 2 N–H and O–H groups in total. The minimum atomic E-state index is 0.326. The van der Waals surface area contributed by atoms with E-state index in [1.54, 1.807) is 0 Å². The molecule has 0 amide bonds. The van der Waals surface area contributed by atoms with Crippen molar-refractivity contribution in [3.63, 3.8) is 0 Å². The van der Waals surface area contributed by atoms with Crippen LogP contribution in [0, 0.1) is 12.8 Å². The SMILES string of the molecule is Cc1cccc2nc(C(CN)C(C)C)n(C)c12. The number of benzene rings is 1. The second-order valence-corrected chi connectivity index (χ2v) is 5.06. The summed E-state index contributed by atoms with van der Waals surface area (Å²) in [6.07, 6.45) is 0. The molecule has 0 bridgehead atoms. The fourth-order valence-electron chi connectivity index (χ4n) is 2.49. The number of hydrogen-bond donors (Lipinski definition) is 1. The normalized spacial score (nSPS) is 13.5. The van der Waals surface area contributed by atoms with Gasteiger partial charge in [0.25, 0.3) is 0 Å². The van der Waals surface area contributed by atoms with Gasteiger partial charge in [0.2, 0.25) is 0 Å². The third kappa shape index (κ3) is 1.95. The molecule has 92 valence electrons. The first-order valence-electron chi connectivity index (χ1n) is 6.18. The lowest BCUT2D eigenvalue weighted by atomic mass is 9.95. The van der Waals surface area contributed by atoms with Crippen molar-refractivity contribution >= 4 is 11.0 Å². The molecule has 0 saturated heterocycles. The highest BCUT2D eigenvalue weighted by Gasteiger charge is 2.20. The summed E-state index contributed by atoms with van der Waals surface area (Å²) < 4.78 is 2.20. The summed E-state index contributed by atoms with van der Waals surface area (Å²) in [6.45, 7) is 7.17. The highest BCUT2D eigenvalue weighted by Crippen LogP contribution is 2.27. The largest absolute Gasteiger partial charge is 0.331 e. The van der Waals surface area contributed by atoms with E-state index in [0.717, 1.165) is 11.3 Å². The van der Waals surface area contributed by atoms with Crippen LogP contribution in [0.2, 0.25) is 0 Å². The minimum absolute atomic E-state index is 0.326. The van der Waals surface area contributed by atoms with Crippen molar-refractivity contribution in [2.24, 2.45) is 18.7 Å². The number of nitrogens with zero attached hydrogens (tertiary/aromatic N) is 2. The van der Waals surface area contributed by atoms with Crippen molar-refractivity contribution in [3.8, 4) is 0 Å². The molecular weight excluding hydrogens is 210 g/mol. The Morgan fingerprint density at radius 3 is 2.59 bits per heavy atom. The van der Waals surface area contributed by atoms with Crippen molar-refractivity contribution in [1.82, 2.24) is 9.55 Å². The number of para-hydroxylation sites is 1. The van der Waals surface area contributed by atoms with E-state index in [-0.39, 0.29) is 0 Å². The molecule has 2 rings (SSSR count). The van der Waals surface area contributed by atoms with Crippen LogP contribution in [0.4, 0.5) is 0 Å². The van der Waals surface area contributed by atoms with Crippen LogP contribution in [-0.4, -0.2) is 16.1 Å². The molecule has 0 fully saturated rings. The van der Waals surface area contributed by atoms with Gasteiger partial charge in [-0.1, -0.05) is 26.0 Å². The van der Waals surface area contributed by atoms with E-state index in [9.17, 15) is 0 Å². The van der Waals surface area contributed by atoms with Crippen molar-refractivity contribution in [2.45, 2.75) is 26.7 Å². The summed E-state index contributed by atoms with van der Waals surface area (Å²) in [5.74, 6) is 1.94. The Hall–Kier alpha value is -1.35. The van der Waals surface area contributed by atoms with Gasteiger partial charge in [-0.3, -0.25) is 0 Å². The number of aryl methyl sites for hydroxylation is 2. The predicted octanol–water partition coefficient (Wildman–Crippen LogP) is 2.58. The van der Waals surface area contributed by atoms with Crippen LogP contribution < -0.4 is 5.73 Å². The molecule has 0 aliphatic carbocycles. The third-order valence-electron chi connectivity index (χ3n) is 3.52. The number of nitrogens with two attached hydrogens (primary N) is 1. The van der Waals surface area contributed by atoms with Gasteiger partial charge >= 0.3 is 0 Å². The van der Waals surface area contributed by atoms with Gasteiger partial charge in [-0.15, -0.1) is 0 Å². The zero-order valence-corrected chi connectivity index (χ0v) is 11.1. The summed E-state index contributed by atoms with van der Waals surface area (Å²) in [6, 6.07) is 6.25. The Kier molecular flexibility index (Phi) is 3.20. The summed E-state index contributed by atoms with van der Waals surface area (Å²) in [4.78, 5) is 4.75. The van der Waals surface area contributed by atoms with Crippen molar-refractivity contribution in [1.29, 1.82) is 0 Å². The van der Waals surface area contributed by atoms with Crippen molar-refractivity contribution in [3.05, 3.63) is 29.6 Å². The molecule has 1 aromatic carbocycles. The fourth-order valence-corrected chi connectivity index (χ4v) is 2.49. The lowest BCUT2D eigenvalue weighted by Crippen LogP contribution is -2.21. The Morgan fingerprint density at radius 2 is 2.06 bits per heavy atom. The maximum Gasteiger partial charge on any atom is 0.114 e. The quantitative estimate of drug-likeness (QED) is 0.882. The van der Waals surface area contributed by atoms with E-state index in [1.807, 2.05) is 0 Å². The predicted molar refractivity (Wildman–Crippen MR) is 72.1 cm³/mol. The van der Waals surface area contributed by atoms with Gasteiger partial charge in [-0.05, 0) is 24.5 Å². The summed E-state index contributed by atoms with van der Waals surface area (Å²) in [5.41, 5.74) is 9.44. The molecule has 17 heavy (non-hydrogen) atoms. The standard InChI is InChI=1S/C14H21N3/c1-9(2)11(8-15)14-16-12-7-5-6-10(3)13(12)17(14)4/h5-7,9,11H,8,15H2,1-4H3. The molecule has 3 heteroatoms. The third-order valence-corrected chi connectivity index (χ3v) is 3.52. The fraction of sp³-hybridized carbons (Fsp3) is 0.500. The maximum atomic E-state index is 5.88. The molecule has 0 radical (unpaired) electrons. The average Bonchev–Trinajstić information content (AvgIpc) is 2.58. The van der Waals surface area contributed by atoms with Crippen LogP contribution in [0.3, 0.4) is 0 Å². The van der Waals surface area contributed by atoms with E-state index in [0.29, 0.717) is 18.4 Å². The lowest BCUT2D eigenvalue weighted by Gasteiger charge is -2.18. The summed E-state index contributed by atoms with van der Waals surface area (Å²) in [7, 11) is 2.09. The second-order valence-electron chi connectivity index (χ2n) is 5.06. The van der Waals surface area contributed by atoms with Crippen LogP contribution in [0.5, 0.6) is 0 Å². The minimum Gasteiger partial charge on any atom is -0.331 e. The van der Waals surface area contributed by atoms with Crippen molar-refractivity contribution < 1.29 is 0 Å². The molecule has 1 heterocycles. The van der Waals surface area contributed by atoms with Gasteiger partial charge in [0.1, 0.15) is 5.82 Å². The number of hydrogen-bond acceptors (Lipinski definition) is 2. The molecular formula is C14H21N3. The van der Waals surface area contributed by atoms with Gasteiger partial charge in [0.15, 0.2) is 0 Å². The number of fused-ring (bicyclic) bond motifs is 1. The highest BCUT2D eigenvalue weighted by molar-refractivity contribution is 5.79. The zero-order valence-electron chi connectivity index (χ0n) is 11.1. The summed E-state index contributed by atoms with van der Waals surface area (Å²) >= 11 is 0. The van der Waals surface area contributed by atoms with E-state index >= 15 is 0 Å². The molecule has 3 nitrogen and oxygen atoms in total. The van der Waals surface area contributed by atoms with Crippen molar-refractivity contribution in [2.75, 3.05) is 6.54 Å². The molecule has 0 aliphatic heterocycles. The molecule has 1 unspecified atom stereocenters. The Balaban J connectivity index is 2.63. The second kappa shape index (κ2) is 4.49. The maximum absolute atomic E-state index is 5.88. The van der Waals surface area contributed by atoms with Gasteiger partial charge in [-0.25, -0.2) is 4.98 Å². The first kappa shape index (κ1) is 12.1. The van der Waals surface area contributed by atoms with Gasteiger partial charge in [0, 0.05) is 19.5 Å². The van der Waals surface area contributed by atoms with E-state index in [2.05, 4.69) is 50.6 Å². The first-order chi connectivity index (χ1) is 8.06. The monoisotopic (exact) mass is 231 g/mol. The van der Waals surface area contributed by atoms with E-state index in [1.165, 1.54) is 11.1 Å². The zero-order chi connectivity index (χ0) is 12.6. The van der Waals surface area contributed by atoms with Crippen LogP contribution >= 0.6 is 0 Å². The van der Waals surface area contributed by atoms with Crippen LogP contribution in [-0.2, 0) is 7.05 Å². The van der Waals surface area contributed by atoms with E-state index in [4.69, 9.17) is 10.7 Å². The van der Waals surface area contributed by atoms with Crippen LogP contribution in [0.25, 0.3) is 11.0 Å². The van der Waals surface area contributed by atoms with Gasteiger partial charge < -0.3 is 10.3 Å². The molecule has 0 aliphatic rings. The average molecular weight is 231 g/mol. The number of rotatable bonds is 3. The molecule has 2 aromatic rings. The number of imidazole rings is 1. The number of aromatic nitrogens is 2. The molecule has 0 saturated carbocycles. The highest BCUT2D eigenvalue weighted by atomic mass is 15.1. The first-order valence-corrected chi connectivity index (χ1v) is 6.18. The van der Waals surface area contributed by atoms with Crippen LogP contribution in [0.15, 0.2) is 18.2 Å². The smallest absolute Gasteiger partial charge is 0.114 e. The Bertz CT molecular complexity index is 525. The van der Waals surface area contributed by atoms with E-state index < -0.39 is 0 Å². The summed E-state index contributed by atoms with van der Waals surface area (Å²) in [5, 5.41) is 0. The Morgan fingerprint density at radius 1 is 1.35 bits per heavy atom. The molecule has 1 aromatic heterocycles. The molecule has 1 atom stereocenters. The molecule has 0 spiro atoms. The Labute approximate surface area is 103 Å². The van der Waals surface area contributed by atoms with Crippen LogP contribution in [0.1, 0.15) is 31.2 Å².